The molecule has 3 aromatic carbocycles. The third-order valence-corrected chi connectivity index (χ3v) is 6.54. The normalized spacial score (nSPS) is 11.0. The average Bonchev–Trinajstić information content (AvgIpc) is 2.77. The van der Waals surface area contributed by atoms with Gasteiger partial charge in [-0.1, -0.05) is 53.7 Å². The Morgan fingerprint density at radius 2 is 1.81 bits per heavy atom. The highest BCUT2D eigenvalue weighted by Crippen LogP contribution is 2.25. The van der Waals surface area contributed by atoms with Crippen LogP contribution in [0.2, 0.25) is 5.02 Å². The summed E-state index contributed by atoms with van der Waals surface area (Å²) >= 11 is 7.29. The Morgan fingerprint density at radius 1 is 1.03 bits per heavy atom. The average molecular weight is 464 g/mol. The standard InChI is InChI=1S/C25H22ClN3O2S/c1-15-7-6-10-22(17(15)3)29-24(31)19-8-4-5-9-20(19)28-25(29)32-14-23(30)27-21-13-18(26)12-11-16(21)2/h4-13H,14H2,1-3H3,(H,27,30). The molecule has 0 aliphatic heterocycles. The van der Waals surface area contributed by atoms with Crippen molar-refractivity contribution in [2.24, 2.45) is 0 Å². The summed E-state index contributed by atoms with van der Waals surface area (Å²) in [4.78, 5) is 30.8. The number of nitrogens with zero attached hydrogens (tertiary/aromatic N) is 2. The molecule has 4 aromatic rings. The highest BCUT2D eigenvalue weighted by Gasteiger charge is 2.17. The number of rotatable bonds is 5. The minimum absolute atomic E-state index is 0.0988. The van der Waals surface area contributed by atoms with Crippen molar-refractivity contribution in [3.8, 4) is 5.69 Å². The Hall–Kier alpha value is -3.09. The first-order chi connectivity index (χ1) is 15.3. The van der Waals surface area contributed by atoms with E-state index in [1.165, 1.54) is 11.8 Å². The van der Waals surface area contributed by atoms with E-state index in [-0.39, 0.29) is 17.2 Å². The molecule has 0 bridgehead atoms. The van der Waals surface area contributed by atoms with Gasteiger partial charge in [0.05, 0.1) is 22.3 Å². The van der Waals surface area contributed by atoms with E-state index in [4.69, 9.17) is 16.6 Å². The number of benzene rings is 3. The van der Waals surface area contributed by atoms with Gasteiger partial charge in [-0.15, -0.1) is 0 Å². The Morgan fingerprint density at radius 3 is 2.62 bits per heavy atom. The van der Waals surface area contributed by atoms with Crippen LogP contribution in [0.1, 0.15) is 16.7 Å². The van der Waals surface area contributed by atoms with Crippen molar-refractivity contribution in [3.63, 3.8) is 0 Å². The number of hydrogen-bond donors (Lipinski definition) is 1. The van der Waals surface area contributed by atoms with Gasteiger partial charge in [0.15, 0.2) is 5.16 Å². The van der Waals surface area contributed by atoms with Gasteiger partial charge in [0.2, 0.25) is 5.91 Å². The summed E-state index contributed by atoms with van der Waals surface area (Å²) in [5.41, 5.74) is 4.87. The fourth-order valence-electron chi connectivity index (χ4n) is 3.44. The lowest BCUT2D eigenvalue weighted by Gasteiger charge is -2.16. The number of aromatic nitrogens is 2. The number of thioether (sulfide) groups is 1. The maximum absolute atomic E-state index is 13.4. The molecule has 162 valence electrons. The fourth-order valence-corrected chi connectivity index (χ4v) is 4.42. The molecule has 5 nitrogen and oxygen atoms in total. The molecular weight excluding hydrogens is 442 g/mol. The lowest BCUT2D eigenvalue weighted by molar-refractivity contribution is -0.113. The van der Waals surface area contributed by atoms with Crippen LogP contribution in [-0.2, 0) is 4.79 Å². The molecule has 32 heavy (non-hydrogen) atoms. The molecule has 1 aromatic heterocycles. The van der Waals surface area contributed by atoms with Gasteiger partial charge in [0.25, 0.3) is 5.56 Å². The molecule has 1 amide bonds. The van der Waals surface area contributed by atoms with Gasteiger partial charge in [-0.2, -0.15) is 0 Å². The first-order valence-electron chi connectivity index (χ1n) is 10.1. The second-order valence-electron chi connectivity index (χ2n) is 7.57. The van der Waals surface area contributed by atoms with Crippen molar-refractivity contribution in [2.45, 2.75) is 25.9 Å². The molecule has 0 saturated carbocycles. The van der Waals surface area contributed by atoms with E-state index in [2.05, 4.69) is 5.32 Å². The predicted octanol–water partition coefficient (Wildman–Crippen LogP) is 5.70. The topological polar surface area (TPSA) is 64.0 Å². The second-order valence-corrected chi connectivity index (χ2v) is 8.95. The summed E-state index contributed by atoms with van der Waals surface area (Å²) in [5.74, 6) is -0.100. The van der Waals surface area contributed by atoms with Crippen molar-refractivity contribution in [1.82, 2.24) is 9.55 Å². The number of carbonyl (C=O) groups is 1. The molecular formula is C25H22ClN3O2S. The summed E-state index contributed by atoms with van der Waals surface area (Å²) in [5, 5.41) is 4.46. The molecule has 4 rings (SSSR count). The van der Waals surface area contributed by atoms with Gasteiger partial charge in [-0.3, -0.25) is 14.2 Å². The quantitative estimate of drug-likeness (QED) is 0.305. The minimum Gasteiger partial charge on any atom is -0.325 e. The predicted molar refractivity (Wildman–Crippen MR) is 132 cm³/mol. The number of aryl methyl sites for hydroxylation is 2. The van der Waals surface area contributed by atoms with Crippen LogP contribution >= 0.6 is 23.4 Å². The highest BCUT2D eigenvalue weighted by molar-refractivity contribution is 7.99. The van der Waals surface area contributed by atoms with Crippen LogP contribution in [0.4, 0.5) is 5.69 Å². The monoisotopic (exact) mass is 463 g/mol. The van der Waals surface area contributed by atoms with Gasteiger partial charge >= 0.3 is 0 Å². The maximum Gasteiger partial charge on any atom is 0.266 e. The Bertz CT molecular complexity index is 1400. The first-order valence-corrected chi connectivity index (χ1v) is 11.5. The summed E-state index contributed by atoms with van der Waals surface area (Å²) in [6.45, 7) is 5.89. The smallest absolute Gasteiger partial charge is 0.266 e. The highest BCUT2D eigenvalue weighted by atomic mass is 35.5. The van der Waals surface area contributed by atoms with Gasteiger partial charge in [-0.05, 0) is 67.8 Å². The summed E-state index contributed by atoms with van der Waals surface area (Å²) in [7, 11) is 0. The van der Waals surface area contributed by atoms with Crippen molar-refractivity contribution in [3.05, 3.63) is 92.7 Å². The molecule has 0 atom stereocenters. The third kappa shape index (κ3) is 4.42. The zero-order chi connectivity index (χ0) is 22.8. The summed E-state index contributed by atoms with van der Waals surface area (Å²) in [6.07, 6.45) is 0. The van der Waals surface area contributed by atoms with Crippen LogP contribution in [-0.4, -0.2) is 21.2 Å². The molecule has 0 unspecified atom stereocenters. The second kappa shape index (κ2) is 9.18. The van der Waals surface area contributed by atoms with Crippen LogP contribution in [0, 0.1) is 20.8 Å². The van der Waals surface area contributed by atoms with Gasteiger partial charge < -0.3 is 5.32 Å². The minimum atomic E-state index is -0.199. The number of hydrogen-bond acceptors (Lipinski definition) is 4. The first kappa shape index (κ1) is 22.1. The molecule has 0 fully saturated rings. The van der Waals surface area contributed by atoms with E-state index < -0.39 is 0 Å². The number of carbonyl (C=O) groups excluding carboxylic acids is 1. The van der Waals surface area contributed by atoms with Crippen LogP contribution in [0.15, 0.2) is 70.6 Å². The molecule has 0 saturated heterocycles. The lowest BCUT2D eigenvalue weighted by Crippen LogP contribution is -2.23. The van der Waals surface area contributed by atoms with E-state index in [0.717, 1.165) is 22.4 Å². The van der Waals surface area contributed by atoms with Gasteiger partial charge in [0.1, 0.15) is 0 Å². The zero-order valence-electron chi connectivity index (χ0n) is 18.0. The molecule has 0 aliphatic carbocycles. The number of anilines is 1. The lowest BCUT2D eigenvalue weighted by atomic mass is 10.1. The molecule has 1 heterocycles. The number of para-hydroxylation sites is 1. The van der Waals surface area contributed by atoms with E-state index >= 15 is 0 Å². The van der Waals surface area contributed by atoms with Crippen LogP contribution in [0.25, 0.3) is 16.6 Å². The van der Waals surface area contributed by atoms with Gasteiger partial charge in [0, 0.05) is 10.7 Å². The van der Waals surface area contributed by atoms with Crippen molar-refractivity contribution in [2.75, 3.05) is 11.1 Å². The molecule has 0 aliphatic rings. The Labute approximate surface area is 195 Å². The van der Waals surface area contributed by atoms with E-state index in [1.54, 1.807) is 22.8 Å². The van der Waals surface area contributed by atoms with Crippen molar-refractivity contribution >= 4 is 45.9 Å². The van der Waals surface area contributed by atoms with Crippen LogP contribution < -0.4 is 10.9 Å². The van der Waals surface area contributed by atoms with E-state index in [0.29, 0.717) is 26.8 Å². The number of nitrogens with one attached hydrogen (secondary N) is 1. The number of halogens is 1. The largest absolute Gasteiger partial charge is 0.325 e. The van der Waals surface area contributed by atoms with E-state index in [9.17, 15) is 9.59 Å². The Kier molecular flexibility index (Phi) is 6.35. The SMILES string of the molecule is Cc1ccc(Cl)cc1NC(=O)CSc1nc2ccccc2c(=O)n1-c1cccc(C)c1C. The van der Waals surface area contributed by atoms with E-state index in [1.807, 2.05) is 63.2 Å². The number of fused-ring (bicyclic) bond motifs is 1. The number of amides is 1. The summed E-state index contributed by atoms with van der Waals surface area (Å²) in [6, 6.07) is 18.4. The van der Waals surface area contributed by atoms with Crippen molar-refractivity contribution in [1.29, 1.82) is 0 Å². The maximum atomic E-state index is 13.4. The Balaban J connectivity index is 1.71. The van der Waals surface area contributed by atoms with Crippen LogP contribution in [0.3, 0.4) is 0 Å². The van der Waals surface area contributed by atoms with Gasteiger partial charge in [-0.25, -0.2) is 4.98 Å². The third-order valence-electron chi connectivity index (χ3n) is 5.37. The molecule has 7 heteroatoms. The van der Waals surface area contributed by atoms with Crippen LogP contribution in [0.5, 0.6) is 0 Å². The zero-order valence-corrected chi connectivity index (χ0v) is 19.6. The summed E-state index contributed by atoms with van der Waals surface area (Å²) < 4.78 is 1.60. The molecule has 0 spiro atoms. The van der Waals surface area contributed by atoms with Crippen molar-refractivity contribution < 1.29 is 4.79 Å². The molecule has 1 N–H and O–H groups in total. The fraction of sp³-hybridized carbons (Fsp3) is 0.160. The molecule has 0 radical (unpaired) electrons.